The van der Waals surface area contributed by atoms with E-state index in [0.29, 0.717) is 41.9 Å². The van der Waals surface area contributed by atoms with Crippen molar-refractivity contribution in [3.05, 3.63) is 0 Å². The van der Waals surface area contributed by atoms with Crippen LogP contribution in [0.25, 0.3) is 0 Å². The van der Waals surface area contributed by atoms with Gasteiger partial charge in [-0.1, -0.05) is 33.6 Å². The van der Waals surface area contributed by atoms with E-state index in [9.17, 15) is 9.59 Å². The minimum absolute atomic E-state index is 0.0556. The predicted molar refractivity (Wildman–Crippen MR) is 211 cm³/mol. The number of fused-ring (bicyclic) bond motifs is 5. The number of rotatable bonds is 15. The van der Waals surface area contributed by atoms with Gasteiger partial charge < -0.3 is 37.9 Å². The lowest BCUT2D eigenvalue weighted by atomic mass is 9.43. The molecule has 0 aromatic carbocycles. The Morgan fingerprint density at radius 1 is 0.679 bits per heavy atom. The Hall–Kier alpha value is -1.30. The van der Waals surface area contributed by atoms with E-state index in [2.05, 4.69) is 20.8 Å². The first-order valence-electron chi connectivity index (χ1n) is 23.3. The topological polar surface area (TPSA) is 108 Å². The van der Waals surface area contributed by atoms with Crippen LogP contribution in [0.5, 0.6) is 0 Å². The molecule has 0 amide bonds. The molecule has 4 aliphatic carbocycles. The van der Waals surface area contributed by atoms with E-state index in [4.69, 9.17) is 37.9 Å². The Morgan fingerprint density at radius 3 is 1.88 bits per heavy atom. The van der Waals surface area contributed by atoms with Gasteiger partial charge in [-0.2, -0.15) is 0 Å². The lowest BCUT2D eigenvalue weighted by Gasteiger charge is -2.65. The summed E-state index contributed by atoms with van der Waals surface area (Å²) in [6.45, 7) is 14.0. The number of hydrogen-bond donors (Lipinski definition) is 0. The molecule has 7 fully saturated rings. The molecule has 3 aliphatic heterocycles. The van der Waals surface area contributed by atoms with Gasteiger partial charge in [0.15, 0.2) is 24.8 Å². The van der Waals surface area contributed by atoms with E-state index in [1.807, 2.05) is 0 Å². The number of hydrogen-bond acceptors (Lipinski definition) is 10. The molecule has 7 rings (SSSR count). The van der Waals surface area contributed by atoms with Gasteiger partial charge in [-0.25, -0.2) is 0 Å². The van der Waals surface area contributed by atoms with Gasteiger partial charge in [0.05, 0.1) is 31.5 Å². The monoisotopic (exact) mass is 789 g/mol. The van der Waals surface area contributed by atoms with Gasteiger partial charge in [0.2, 0.25) is 0 Å². The van der Waals surface area contributed by atoms with Crippen molar-refractivity contribution in [1.29, 1.82) is 0 Å². The lowest BCUT2D eigenvalue weighted by Crippen LogP contribution is -2.64. The highest BCUT2D eigenvalue weighted by molar-refractivity contribution is 5.94. The van der Waals surface area contributed by atoms with Crippen molar-refractivity contribution >= 4 is 11.9 Å². The van der Waals surface area contributed by atoms with Crippen LogP contribution in [0.3, 0.4) is 0 Å². The second-order valence-corrected chi connectivity index (χ2v) is 19.2. The maximum Gasteiger partial charge on any atom is 0.320 e. The van der Waals surface area contributed by atoms with E-state index >= 15 is 0 Å². The van der Waals surface area contributed by atoms with Crippen LogP contribution in [0.4, 0.5) is 0 Å². The van der Waals surface area contributed by atoms with E-state index in [0.717, 1.165) is 116 Å². The molecule has 3 unspecified atom stereocenters. The van der Waals surface area contributed by atoms with Gasteiger partial charge in [0.25, 0.3) is 0 Å². The van der Waals surface area contributed by atoms with Gasteiger partial charge in [0, 0.05) is 25.2 Å². The average molecular weight is 789 g/mol. The lowest BCUT2D eigenvalue weighted by molar-refractivity contribution is -0.289. The normalized spacial score (nSPS) is 41.9. The van der Waals surface area contributed by atoms with Gasteiger partial charge in [-0.15, -0.1) is 0 Å². The SMILES string of the molecule is CCOC(=O)C(CCC[C@@H](C)[C@H]1CC[C@H]2[C@@H]3[C@H](OC4CCCCO4)C[C@@H]4C[C@H](OC5CCCCO5)CC[C@]4(C)[C@H]3C[C@H](OC3CCCCO3)[C@]12C)C(=O)OCC. The third kappa shape index (κ3) is 9.21. The summed E-state index contributed by atoms with van der Waals surface area (Å²) in [6.07, 6.45) is 19.8. The Bertz CT molecular complexity index is 1240. The maximum absolute atomic E-state index is 12.8. The molecule has 0 aromatic heterocycles. The van der Waals surface area contributed by atoms with Crippen LogP contribution in [0.2, 0.25) is 0 Å². The quantitative estimate of drug-likeness (QED) is 0.0906. The molecule has 0 bridgehead atoms. The van der Waals surface area contributed by atoms with Crippen molar-refractivity contribution in [1.82, 2.24) is 0 Å². The van der Waals surface area contributed by atoms with Crippen molar-refractivity contribution in [2.45, 2.75) is 194 Å². The zero-order valence-electron chi connectivity index (χ0n) is 35.6. The molecule has 0 spiro atoms. The van der Waals surface area contributed by atoms with Crippen LogP contribution < -0.4 is 0 Å². The molecule has 0 radical (unpaired) electrons. The first-order valence-corrected chi connectivity index (χ1v) is 23.3. The van der Waals surface area contributed by atoms with E-state index < -0.39 is 17.9 Å². The molecule has 56 heavy (non-hydrogen) atoms. The highest BCUT2D eigenvalue weighted by Crippen LogP contribution is 2.69. The van der Waals surface area contributed by atoms with Crippen LogP contribution in [0.15, 0.2) is 0 Å². The Labute approximate surface area is 337 Å². The van der Waals surface area contributed by atoms with Crippen molar-refractivity contribution in [2.75, 3.05) is 33.0 Å². The number of carbonyl (C=O) groups is 2. The summed E-state index contributed by atoms with van der Waals surface area (Å²) < 4.78 is 50.6. The zero-order chi connectivity index (χ0) is 39.3. The molecular weight excluding hydrogens is 712 g/mol. The van der Waals surface area contributed by atoms with E-state index in [1.54, 1.807) is 13.8 Å². The van der Waals surface area contributed by atoms with E-state index in [1.165, 1.54) is 19.3 Å². The summed E-state index contributed by atoms with van der Waals surface area (Å²) in [7, 11) is 0. The summed E-state index contributed by atoms with van der Waals surface area (Å²) in [5, 5.41) is 0. The molecule has 14 atom stereocenters. The van der Waals surface area contributed by atoms with Crippen LogP contribution >= 0.6 is 0 Å². The van der Waals surface area contributed by atoms with Crippen LogP contribution in [-0.2, 0) is 47.5 Å². The molecule has 10 nitrogen and oxygen atoms in total. The first kappa shape index (κ1) is 42.8. The number of carbonyl (C=O) groups excluding carboxylic acids is 2. The van der Waals surface area contributed by atoms with Gasteiger partial charge >= 0.3 is 11.9 Å². The maximum atomic E-state index is 12.8. The van der Waals surface area contributed by atoms with Gasteiger partial charge in [-0.05, 0) is 164 Å². The largest absolute Gasteiger partial charge is 0.465 e. The van der Waals surface area contributed by atoms with Crippen molar-refractivity contribution in [2.24, 2.45) is 52.3 Å². The second kappa shape index (κ2) is 19.4. The Balaban J connectivity index is 1.14. The summed E-state index contributed by atoms with van der Waals surface area (Å²) >= 11 is 0. The smallest absolute Gasteiger partial charge is 0.320 e. The molecule has 3 saturated heterocycles. The minimum Gasteiger partial charge on any atom is -0.465 e. The third-order valence-corrected chi connectivity index (χ3v) is 16.1. The standard InChI is InChI=1S/C46H76O10/c1-6-49-43(47)33(44(48)50-7-2)16-14-15-30(3)34-20-21-35-42-36(29-38(46(34,35)5)56-41-19-10-13-26-53-41)45(4)23-22-32(54-39-17-8-11-24-51-39)27-31(45)28-37(42)55-40-18-9-12-25-52-40/h30-42H,6-29H2,1-5H3/t30-,31+,32-,34-,35+,36+,37-,38+,39?,40?,41?,42+,45+,46-/m1/s1. The van der Waals surface area contributed by atoms with Gasteiger partial charge in [0.1, 0.15) is 0 Å². The second-order valence-electron chi connectivity index (χ2n) is 19.2. The minimum atomic E-state index is -0.865. The van der Waals surface area contributed by atoms with Gasteiger partial charge in [-0.3, -0.25) is 9.59 Å². The van der Waals surface area contributed by atoms with Crippen LogP contribution in [-0.4, -0.2) is 82.2 Å². The molecule has 10 heteroatoms. The highest BCUT2D eigenvalue weighted by Gasteiger charge is 2.67. The molecule has 3 heterocycles. The third-order valence-electron chi connectivity index (χ3n) is 16.1. The highest BCUT2D eigenvalue weighted by atomic mass is 16.7. The fourth-order valence-electron chi connectivity index (χ4n) is 13.2. The van der Waals surface area contributed by atoms with Crippen LogP contribution in [0.1, 0.15) is 157 Å². The number of ether oxygens (including phenoxy) is 8. The molecule has 0 aromatic rings. The van der Waals surface area contributed by atoms with Crippen molar-refractivity contribution in [3.8, 4) is 0 Å². The van der Waals surface area contributed by atoms with E-state index in [-0.39, 0.29) is 61.2 Å². The summed E-state index contributed by atoms with van der Waals surface area (Å²) in [4.78, 5) is 25.6. The fraction of sp³-hybridized carbons (Fsp3) is 0.957. The average Bonchev–Trinajstić information content (AvgIpc) is 3.56. The molecule has 320 valence electrons. The predicted octanol–water partition coefficient (Wildman–Crippen LogP) is 9.15. The van der Waals surface area contributed by atoms with Crippen molar-refractivity contribution in [3.63, 3.8) is 0 Å². The molecular formula is C46H76O10. The fourth-order valence-corrected chi connectivity index (χ4v) is 13.2. The summed E-state index contributed by atoms with van der Waals surface area (Å²) in [5.41, 5.74) is 0.125. The Kier molecular flexibility index (Phi) is 14.8. The molecule has 0 N–H and O–H groups in total. The number of esters is 2. The first-order chi connectivity index (χ1) is 27.1. The molecule has 4 saturated carbocycles. The van der Waals surface area contributed by atoms with Crippen molar-refractivity contribution < 1.29 is 47.5 Å². The summed E-state index contributed by atoms with van der Waals surface area (Å²) in [5.74, 6) is 0.940. The van der Waals surface area contributed by atoms with Crippen LogP contribution in [0, 0.1) is 52.3 Å². The Morgan fingerprint density at radius 2 is 1.29 bits per heavy atom. The summed E-state index contributed by atoms with van der Waals surface area (Å²) in [6, 6.07) is 0. The zero-order valence-corrected chi connectivity index (χ0v) is 35.6. The molecule has 7 aliphatic rings.